The van der Waals surface area contributed by atoms with Crippen molar-refractivity contribution in [2.75, 3.05) is 0 Å². The Hall–Kier alpha value is 0. The molecule has 0 bridgehead atoms. The first-order valence-corrected chi connectivity index (χ1v) is 8.92. The highest BCUT2D eigenvalue weighted by Crippen LogP contribution is 2.42. The monoisotopic (exact) mass is 248 g/mol. The Morgan fingerprint density at radius 2 is 0.944 bits per heavy atom. The van der Waals surface area contributed by atoms with Gasteiger partial charge in [-0.05, 0) is 36.5 Å². The standard InChI is InChI=1S/C18H32/c1-2-7-15(6-1)14-16-8-5-11-18(13-12-16)17-9-3-4-10-17/h15-18H,1-14H2. The summed E-state index contributed by atoms with van der Waals surface area (Å²) >= 11 is 0. The van der Waals surface area contributed by atoms with Crippen LogP contribution in [0.4, 0.5) is 0 Å². The van der Waals surface area contributed by atoms with Crippen LogP contribution >= 0.6 is 0 Å². The van der Waals surface area contributed by atoms with Crippen molar-refractivity contribution in [2.24, 2.45) is 23.7 Å². The summed E-state index contributed by atoms with van der Waals surface area (Å²) in [6, 6.07) is 0. The van der Waals surface area contributed by atoms with Crippen molar-refractivity contribution >= 4 is 0 Å². The van der Waals surface area contributed by atoms with Gasteiger partial charge in [0.1, 0.15) is 0 Å². The molecule has 3 aliphatic rings. The third kappa shape index (κ3) is 3.31. The highest BCUT2D eigenvalue weighted by Gasteiger charge is 2.28. The molecule has 0 spiro atoms. The Morgan fingerprint density at radius 3 is 1.72 bits per heavy atom. The summed E-state index contributed by atoms with van der Waals surface area (Å²) in [5.74, 6) is 4.49. The van der Waals surface area contributed by atoms with Gasteiger partial charge in [0.2, 0.25) is 0 Å². The van der Waals surface area contributed by atoms with Gasteiger partial charge in [-0.3, -0.25) is 0 Å². The maximum absolute atomic E-state index is 1.59. The molecule has 0 N–H and O–H groups in total. The summed E-state index contributed by atoms with van der Waals surface area (Å²) in [5, 5.41) is 0. The molecule has 0 aliphatic heterocycles. The van der Waals surface area contributed by atoms with Gasteiger partial charge >= 0.3 is 0 Å². The first kappa shape index (κ1) is 13.0. The molecule has 3 aliphatic carbocycles. The lowest BCUT2D eigenvalue weighted by molar-refractivity contribution is 0.291. The summed E-state index contributed by atoms with van der Waals surface area (Å²) in [4.78, 5) is 0. The molecule has 2 unspecified atom stereocenters. The van der Waals surface area contributed by atoms with E-state index in [9.17, 15) is 0 Å². The summed E-state index contributed by atoms with van der Waals surface area (Å²) in [6.07, 6.45) is 21.8. The van der Waals surface area contributed by atoms with E-state index in [-0.39, 0.29) is 0 Å². The van der Waals surface area contributed by atoms with Crippen molar-refractivity contribution in [3.63, 3.8) is 0 Å². The van der Waals surface area contributed by atoms with Gasteiger partial charge in [0.05, 0.1) is 0 Å². The Kier molecular flexibility index (Phi) is 4.65. The quantitative estimate of drug-likeness (QED) is 0.541. The van der Waals surface area contributed by atoms with Crippen LogP contribution in [0.1, 0.15) is 89.9 Å². The third-order valence-corrected chi connectivity index (χ3v) is 6.34. The van der Waals surface area contributed by atoms with Gasteiger partial charge in [-0.25, -0.2) is 0 Å². The van der Waals surface area contributed by atoms with Crippen molar-refractivity contribution in [3.8, 4) is 0 Å². The molecule has 0 saturated heterocycles. The summed E-state index contributed by atoms with van der Waals surface area (Å²) in [5.41, 5.74) is 0. The van der Waals surface area contributed by atoms with Gasteiger partial charge in [0, 0.05) is 0 Å². The van der Waals surface area contributed by atoms with Crippen molar-refractivity contribution in [2.45, 2.75) is 89.9 Å². The second kappa shape index (κ2) is 6.44. The summed E-state index contributed by atoms with van der Waals surface area (Å²) in [6.45, 7) is 0. The smallest absolute Gasteiger partial charge is 0.0386 e. The van der Waals surface area contributed by atoms with Crippen LogP contribution in [0.25, 0.3) is 0 Å². The molecular formula is C18H32. The average Bonchev–Trinajstić information content (AvgIpc) is 3.02. The number of hydrogen-bond donors (Lipinski definition) is 0. The van der Waals surface area contributed by atoms with Gasteiger partial charge in [-0.15, -0.1) is 0 Å². The molecule has 0 heterocycles. The van der Waals surface area contributed by atoms with Crippen molar-refractivity contribution < 1.29 is 0 Å². The Balaban J connectivity index is 1.45. The van der Waals surface area contributed by atoms with Crippen molar-refractivity contribution in [1.29, 1.82) is 0 Å². The Labute approximate surface area is 114 Å². The zero-order valence-corrected chi connectivity index (χ0v) is 12.2. The highest BCUT2D eigenvalue weighted by molar-refractivity contribution is 4.80. The molecule has 0 radical (unpaired) electrons. The first-order valence-electron chi connectivity index (χ1n) is 8.92. The van der Waals surface area contributed by atoms with Crippen LogP contribution in [0.15, 0.2) is 0 Å². The number of rotatable bonds is 3. The van der Waals surface area contributed by atoms with Crippen LogP contribution in [0.3, 0.4) is 0 Å². The van der Waals surface area contributed by atoms with Crippen LogP contribution < -0.4 is 0 Å². The molecule has 104 valence electrons. The van der Waals surface area contributed by atoms with E-state index in [0.29, 0.717) is 0 Å². The molecule has 0 amide bonds. The highest BCUT2D eigenvalue weighted by atomic mass is 14.3. The maximum atomic E-state index is 1.59. The second-order valence-corrected chi connectivity index (χ2v) is 7.57. The zero-order chi connectivity index (χ0) is 12.2. The molecule has 0 heteroatoms. The van der Waals surface area contributed by atoms with E-state index in [1.165, 1.54) is 25.7 Å². The van der Waals surface area contributed by atoms with E-state index < -0.39 is 0 Å². The maximum Gasteiger partial charge on any atom is -0.0386 e. The summed E-state index contributed by atoms with van der Waals surface area (Å²) < 4.78 is 0. The van der Waals surface area contributed by atoms with Crippen LogP contribution in [-0.2, 0) is 0 Å². The van der Waals surface area contributed by atoms with Gasteiger partial charge in [-0.1, -0.05) is 77.0 Å². The minimum absolute atomic E-state index is 1.11. The molecule has 18 heavy (non-hydrogen) atoms. The van der Waals surface area contributed by atoms with Crippen LogP contribution in [0.5, 0.6) is 0 Å². The minimum Gasteiger partial charge on any atom is -0.0530 e. The predicted octanol–water partition coefficient (Wildman–Crippen LogP) is 5.95. The van der Waals surface area contributed by atoms with Crippen LogP contribution in [0, 0.1) is 23.7 Å². The van der Waals surface area contributed by atoms with E-state index in [4.69, 9.17) is 0 Å². The van der Waals surface area contributed by atoms with E-state index in [1.54, 1.807) is 64.2 Å². The van der Waals surface area contributed by atoms with Gasteiger partial charge < -0.3 is 0 Å². The lowest BCUT2D eigenvalue weighted by atomic mass is 9.84. The third-order valence-electron chi connectivity index (χ3n) is 6.34. The molecule has 2 atom stereocenters. The lowest BCUT2D eigenvalue weighted by Gasteiger charge is -2.22. The van der Waals surface area contributed by atoms with Gasteiger partial charge in [0.15, 0.2) is 0 Å². The molecule has 0 aromatic carbocycles. The largest absolute Gasteiger partial charge is 0.0530 e. The van der Waals surface area contributed by atoms with Gasteiger partial charge in [-0.2, -0.15) is 0 Å². The molecule has 0 aromatic rings. The molecular weight excluding hydrogens is 216 g/mol. The second-order valence-electron chi connectivity index (χ2n) is 7.57. The first-order chi connectivity index (χ1) is 8.92. The summed E-state index contributed by atoms with van der Waals surface area (Å²) in [7, 11) is 0. The fraction of sp³-hybridized carbons (Fsp3) is 1.00. The van der Waals surface area contributed by atoms with Gasteiger partial charge in [0.25, 0.3) is 0 Å². The van der Waals surface area contributed by atoms with Crippen LogP contribution in [0.2, 0.25) is 0 Å². The van der Waals surface area contributed by atoms with Crippen molar-refractivity contribution in [3.05, 3.63) is 0 Å². The lowest BCUT2D eigenvalue weighted by Crippen LogP contribution is -2.11. The molecule has 0 nitrogen and oxygen atoms in total. The number of hydrogen-bond acceptors (Lipinski definition) is 0. The van der Waals surface area contributed by atoms with E-state index in [2.05, 4.69) is 0 Å². The topological polar surface area (TPSA) is 0 Å². The minimum atomic E-state index is 1.11. The molecule has 3 fully saturated rings. The predicted molar refractivity (Wildman–Crippen MR) is 78.6 cm³/mol. The van der Waals surface area contributed by atoms with E-state index >= 15 is 0 Å². The molecule has 0 aromatic heterocycles. The SMILES string of the molecule is C1CCC(CC2CCCC(C3CCCC3)CC2)C1. The molecule has 3 saturated carbocycles. The van der Waals surface area contributed by atoms with E-state index in [1.807, 2.05) is 0 Å². The Bertz CT molecular complexity index is 232. The zero-order valence-electron chi connectivity index (χ0n) is 12.2. The fourth-order valence-electron chi connectivity index (χ4n) is 5.26. The normalized spacial score (nSPS) is 36.0. The Morgan fingerprint density at radius 1 is 0.444 bits per heavy atom. The molecule has 3 rings (SSSR count). The van der Waals surface area contributed by atoms with Crippen LogP contribution in [-0.4, -0.2) is 0 Å². The average molecular weight is 248 g/mol. The van der Waals surface area contributed by atoms with E-state index in [0.717, 1.165) is 23.7 Å². The fourth-order valence-corrected chi connectivity index (χ4v) is 5.26. The van der Waals surface area contributed by atoms with Crippen molar-refractivity contribution in [1.82, 2.24) is 0 Å².